The smallest absolute Gasteiger partial charge is 0.356 e. The maximum atomic E-state index is 13.7. The quantitative estimate of drug-likeness (QED) is 0.797. The van der Waals surface area contributed by atoms with E-state index in [1.54, 1.807) is 24.3 Å². The number of hydrogen-bond acceptors (Lipinski definition) is 4. The van der Waals surface area contributed by atoms with Gasteiger partial charge in [-0.25, -0.2) is 9.18 Å². The Hall–Kier alpha value is -2.96. The summed E-state index contributed by atoms with van der Waals surface area (Å²) in [5.74, 6) is -1.54. The van der Waals surface area contributed by atoms with Gasteiger partial charge in [0.05, 0.1) is 12.2 Å². The zero-order chi connectivity index (χ0) is 14.8. The van der Waals surface area contributed by atoms with Crippen molar-refractivity contribution in [3.63, 3.8) is 0 Å². The lowest BCUT2D eigenvalue weighted by Crippen LogP contribution is -2.07. The van der Waals surface area contributed by atoms with E-state index < -0.39 is 5.97 Å². The number of aromatic nitrogens is 3. The first-order valence-electron chi connectivity index (χ1n) is 6.10. The van der Waals surface area contributed by atoms with Crippen LogP contribution in [0, 0.1) is 5.82 Å². The topological polar surface area (TPSA) is 81.1 Å². The monoisotopic (exact) mass is 287 g/mol. The van der Waals surface area contributed by atoms with Crippen molar-refractivity contribution < 1.29 is 18.8 Å². The van der Waals surface area contributed by atoms with Crippen LogP contribution in [0.2, 0.25) is 0 Å². The molecule has 0 bridgehead atoms. The summed E-state index contributed by atoms with van der Waals surface area (Å²) in [6.45, 7) is 0.0994. The third-order valence-electron chi connectivity index (χ3n) is 2.98. The van der Waals surface area contributed by atoms with E-state index in [2.05, 4.69) is 10.3 Å². The Morgan fingerprint density at radius 1 is 1.33 bits per heavy atom. The molecule has 7 heteroatoms. The highest BCUT2D eigenvalue weighted by molar-refractivity contribution is 5.86. The van der Waals surface area contributed by atoms with Crippen molar-refractivity contribution in [1.29, 1.82) is 0 Å². The summed E-state index contributed by atoms with van der Waals surface area (Å²) >= 11 is 0. The predicted octanol–water partition coefficient (Wildman–Crippen LogP) is 2.42. The van der Waals surface area contributed by atoms with Crippen molar-refractivity contribution in [3.05, 3.63) is 59.7 Å². The molecule has 0 aliphatic heterocycles. The third kappa shape index (κ3) is 2.53. The number of carbonyl (C=O) groups is 1. The zero-order valence-electron chi connectivity index (χ0n) is 10.7. The molecule has 0 spiro atoms. The lowest BCUT2D eigenvalue weighted by Gasteiger charge is -2.06. The summed E-state index contributed by atoms with van der Waals surface area (Å²) in [6, 6.07) is 9.21. The Bertz CT molecular complexity index is 781. The molecule has 106 valence electrons. The number of nitrogens with zero attached hydrogens (tertiary/aromatic N) is 3. The Balaban J connectivity index is 2.05. The average Bonchev–Trinajstić information content (AvgIpc) is 3.10. The van der Waals surface area contributed by atoms with E-state index in [1.165, 1.54) is 23.1 Å². The van der Waals surface area contributed by atoms with Gasteiger partial charge in [0.25, 0.3) is 0 Å². The fourth-order valence-corrected chi connectivity index (χ4v) is 1.98. The van der Waals surface area contributed by atoms with Gasteiger partial charge in [-0.1, -0.05) is 23.4 Å². The first-order chi connectivity index (χ1) is 10.1. The molecule has 6 nitrogen and oxygen atoms in total. The van der Waals surface area contributed by atoms with Crippen LogP contribution in [-0.2, 0) is 6.54 Å². The number of carboxylic acid groups (broad SMARTS) is 1. The SMILES string of the molecule is O=C(O)c1cc(-c2ccon2)n(Cc2ccccc2F)n1. The number of halogens is 1. The van der Waals surface area contributed by atoms with Gasteiger partial charge in [-0.3, -0.25) is 4.68 Å². The van der Waals surface area contributed by atoms with E-state index in [4.69, 9.17) is 9.63 Å². The van der Waals surface area contributed by atoms with Crippen LogP contribution >= 0.6 is 0 Å². The lowest BCUT2D eigenvalue weighted by atomic mass is 10.2. The number of rotatable bonds is 4. The van der Waals surface area contributed by atoms with Gasteiger partial charge in [-0.05, 0) is 6.07 Å². The minimum atomic E-state index is -1.16. The van der Waals surface area contributed by atoms with Crippen LogP contribution in [0.15, 0.2) is 47.2 Å². The van der Waals surface area contributed by atoms with Gasteiger partial charge < -0.3 is 9.63 Å². The van der Waals surface area contributed by atoms with Crippen molar-refractivity contribution in [2.45, 2.75) is 6.54 Å². The number of aromatic carboxylic acids is 1. The Morgan fingerprint density at radius 3 is 2.81 bits per heavy atom. The highest BCUT2D eigenvalue weighted by Crippen LogP contribution is 2.20. The highest BCUT2D eigenvalue weighted by Gasteiger charge is 2.17. The van der Waals surface area contributed by atoms with Gasteiger partial charge in [0.15, 0.2) is 5.69 Å². The second kappa shape index (κ2) is 5.20. The maximum Gasteiger partial charge on any atom is 0.356 e. The average molecular weight is 287 g/mol. The van der Waals surface area contributed by atoms with E-state index in [1.807, 2.05) is 0 Å². The van der Waals surface area contributed by atoms with E-state index >= 15 is 0 Å². The molecule has 1 aromatic carbocycles. The van der Waals surface area contributed by atoms with Crippen molar-refractivity contribution in [3.8, 4) is 11.4 Å². The van der Waals surface area contributed by atoms with Crippen LogP contribution in [-0.4, -0.2) is 26.0 Å². The van der Waals surface area contributed by atoms with Crippen LogP contribution in [0.25, 0.3) is 11.4 Å². The Kier molecular flexibility index (Phi) is 3.23. The molecular weight excluding hydrogens is 277 g/mol. The van der Waals surface area contributed by atoms with E-state index in [9.17, 15) is 9.18 Å². The fraction of sp³-hybridized carbons (Fsp3) is 0.0714. The summed E-state index contributed by atoms with van der Waals surface area (Å²) < 4.78 is 19.9. The van der Waals surface area contributed by atoms with Gasteiger partial charge >= 0.3 is 5.97 Å². The van der Waals surface area contributed by atoms with Crippen LogP contribution in [0.4, 0.5) is 4.39 Å². The van der Waals surface area contributed by atoms with Gasteiger partial charge in [0.2, 0.25) is 0 Å². The molecule has 0 fully saturated rings. The standard InChI is InChI=1S/C14H10FN3O3/c15-10-4-2-1-3-9(10)8-18-13(11-5-6-21-17-11)7-12(16-18)14(19)20/h1-7H,8H2,(H,19,20). The molecule has 0 saturated heterocycles. The van der Waals surface area contributed by atoms with Crippen LogP contribution in [0.3, 0.4) is 0 Å². The van der Waals surface area contributed by atoms with Gasteiger partial charge in [0.1, 0.15) is 17.8 Å². The highest BCUT2D eigenvalue weighted by atomic mass is 19.1. The number of benzene rings is 1. The predicted molar refractivity (Wildman–Crippen MR) is 70.2 cm³/mol. The first-order valence-corrected chi connectivity index (χ1v) is 6.10. The molecular formula is C14H10FN3O3. The maximum absolute atomic E-state index is 13.7. The minimum Gasteiger partial charge on any atom is -0.476 e. The largest absolute Gasteiger partial charge is 0.476 e. The summed E-state index contributed by atoms with van der Waals surface area (Å²) in [7, 11) is 0. The van der Waals surface area contributed by atoms with Crippen LogP contribution < -0.4 is 0 Å². The summed E-state index contributed by atoms with van der Waals surface area (Å²) in [5, 5.41) is 16.8. The van der Waals surface area contributed by atoms with Crippen LogP contribution in [0.1, 0.15) is 16.1 Å². The molecule has 0 amide bonds. The van der Waals surface area contributed by atoms with Crippen molar-refractivity contribution in [1.82, 2.24) is 14.9 Å². The second-order valence-corrected chi connectivity index (χ2v) is 4.35. The molecule has 0 radical (unpaired) electrons. The molecule has 0 saturated carbocycles. The fourth-order valence-electron chi connectivity index (χ4n) is 1.98. The summed E-state index contributed by atoms with van der Waals surface area (Å²) in [6.07, 6.45) is 1.37. The molecule has 3 aromatic rings. The number of carboxylic acids is 1. The third-order valence-corrected chi connectivity index (χ3v) is 2.98. The van der Waals surface area contributed by atoms with E-state index in [0.717, 1.165) is 0 Å². The van der Waals surface area contributed by atoms with Gasteiger partial charge in [-0.2, -0.15) is 5.10 Å². The minimum absolute atomic E-state index is 0.0994. The zero-order valence-corrected chi connectivity index (χ0v) is 10.7. The molecule has 3 rings (SSSR count). The van der Waals surface area contributed by atoms with Crippen molar-refractivity contribution in [2.24, 2.45) is 0 Å². The Morgan fingerprint density at radius 2 is 2.14 bits per heavy atom. The van der Waals surface area contributed by atoms with Gasteiger partial charge in [-0.15, -0.1) is 0 Å². The molecule has 0 aliphatic carbocycles. The van der Waals surface area contributed by atoms with Gasteiger partial charge in [0, 0.05) is 17.7 Å². The molecule has 2 heterocycles. The molecule has 21 heavy (non-hydrogen) atoms. The molecule has 0 aliphatic rings. The molecule has 0 atom stereocenters. The van der Waals surface area contributed by atoms with Crippen molar-refractivity contribution in [2.75, 3.05) is 0 Å². The van der Waals surface area contributed by atoms with E-state index in [0.29, 0.717) is 17.0 Å². The molecule has 0 unspecified atom stereocenters. The Labute approximate surface area is 118 Å². The summed E-state index contributed by atoms with van der Waals surface area (Å²) in [4.78, 5) is 11.1. The second-order valence-electron chi connectivity index (χ2n) is 4.35. The van der Waals surface area contributed by atoms with Crippen LogP contribution in [0.5, 0.6) is 0 Å². The molecule has 1 N–H and O–H groups in total. The lowest BCUT2D eigenvalue weighted by molar-refractivity contribution is 0.0689. The first kappa shape index (κ1) is 13.0. The van der Waals surface area contributed by atoms with E-state index in [-0.39, 0.29) is 18.1 Å². The van der Waals surface area contributed by atoms with Crippen molar-refractivity contribution >= 4 is 5.97 Å². The normalized spacial score (nSPS) is 10.7. The molecule has 2 aromatic heterocycles. The number of hydrogen-bond donors (Lipinski definition) is 1. The summed E-state index contributed by atoms with van der Waals surface area (Å²) in [5.41, 5.74) is 1.15.